The van der Waals surface area contributed by atoms with E-state index in [0.717, 1.165) is 10.4 Å². The van der Waals surface area contributed by atoms with Crippen molar-refractivity contribution in [1.82, 2.24) is 9.29 Å². The van der Waals surface area contributed by atoms with Crippen LogP contribution in [0.5, 0.6) is 0 Å². The summed E-state index contributed by atoms with van der Waals surface area (Å²) in [5.74, 6) is -0.912. The first kappa shape index (κ1) is 15.3. The van der Waals surface area contributed by atoms with Gasteiger partial charge in [-0.2, -0.15) is 4.31 Å². The molecular weight excluding hydrogens is 286 g/mol. The number of hydrogen-bond acceptors (Lipinski definition) is 3. The largest absolute Gasteiger partial charge is 0.263 e. The standard InChI is InChI=1S/C13H18F2N2O2S/c1-9(2)10-5-7-17(8-12(10)15)20(18,19)13-11(14)4-3-6-16-13/h3-4,6,9-10,12H,5,7-8H2,1-2H3/t10-,12+/m0/s1. The van der Waals surface area contributed by atoms with E-state index >= 15 is 0 Å². The van der Waals surface area contributed by atoms with Gasteiger partial charge in [0, 0.05) is 19.3 Å². The van der Waals surface area contributed by atoms with Gasteiger partial charge in [-0.25, -0.2) is 22.2 Å². The quantitative estimate of drug-likeness (QED) is 0.860. The van der Waals surface area contributed by atoms with Crippen molar-refractivity contribution in [3.63, 3.8) is 0 Å². The normalized spacial score (nSPS) is 25.1. The Bertz CT molecular complexity index is 577. The van der Waals surface area contributed by atoms with Crippen molar-refractivity contribution in [1.29, 1.82) is 0 Å². The van der Waals surface area contributed by atoms with E-state index < -0.39 is 27.0 Å². The van der Waals surface area contributed by atoms with Crippen molar-refractivity contribution < 1.29 is 17.2 Å². The number of sulfonamides is 1. The van der Waals surface area contributed by atoms with E-state index in [1.165, 1.54) is 12.3 Å². The molecule has 0 spiro atoms. The SMILES string of the molecule is CC(C)[C@@H]1CCN(S(=O)(=O)c2ncccc2F)C[C@H]1F. The number of alkyl halides is 1. The third-order valence-corrected chi connectivity index (χ3v) is 5.52. The lowest BCUT2D eigenvalue weighted by atomic mass is 9.86. The summed E-state index contributed by atoms with van der Waals surface area (Å²) in [5.41, 5.74) is 0. The lowest BCUT2D eigenvalue weighted by Crippen LogP contribution is -2.46. The van der Waals surface area contributed by atoms with Crippen molar-refractivity contribution >= 4 is 10.0 Å². The molecule has 0 N–H and O–H groups in total. The second-order valence-corrected chi connectivity index (χ2v) is 7.22. The zero-order chi connectivity index (χ0) is 14.9. The van der Waals surface area contributed by atoms with Gasteiger partial charge in [-0.3, -0.25) is 0 Å². The van der Waals surface area contributed by atoms with Gasteiger partial charge in [-0.15, -0.1) is 0 Å². The molecule has 1 aliphatic rings. The van der Waals surface area contributed by atoms with Gasteiger partial charge in [0.1, 0.15) is 6.17 Å². The van der Waals surface area contributed by atoms with E-state index in [-0.39, 0.29) is 24.9 Å². The van der Waals surface area contributed by atoms with E-state index in [1.807, 2.05) is 13.8 Å². The third-order valence-electron chi connectivity index (χ3n) is 3.72. The summed E-state index contributed by atoms with van der Waals surface area (Å²) in [6.07, 6.45) is 0.418. The van der Waals surface area contributed by atoms with Gasteiger partial charge in [-0.1, -0.05) is 13.8 Å². The first-order valence-electron chi connectivity index (χ1n) is 6.58. The summed E-state index contributed by atoms with van der Waals surface area (Å²) < 4.78 is 53.2. The van der Waals surface area contributed by atoms with E-state index in [1.54, 1.807) is 0 Å². The van der Waals surface area contributed by atoms with Crippen LogP contribution in [0.3, 0.4) is 0 Å². The fourth-order valence-electron chi connectivity index (χ4n) is 2.55. The fourth-order valence-corrected chi connectivity index (χ4v) is 3.99. The first-order valence-corrected chi connectivity index (χ1v) is 8.02. The highest BCUT2D eigenvalue weighted by molar-refractivity contribution is 7.89. The van der Waals surface area contributed by atoms with Crippen LogP contribution in [0.4, 0.5) is 8.78 Å². The molecule has 112 valence electrons. The predicted molar refractivity (Wildman–Crippen MR) is 70.8 cm³/mol. The summed E-state index contributed by atoms with van der Waals surface area (Å²) in [6.45, 7) is 3.79. The number of rotatable bonds is 3. The molecule has 2 heterocycles. The summed E-state index contributed by atoms with van der Waals surface area (Å²) in [4.78, 5) is 3.58. The number of nitrogens with zero attached hydrogens (tertiary/aromatic N) is 2. The van der Waals surface area contributed by atoms with Gasteiger partial charge in [-0.05, 0) is 30.4 Å². The van der Waals surface area contributed by atoms with Crippen molar-refractivity contribution in [3.05, 3.63) is 24.1 Å². The molecule has 1 saturated heterocycles. The monoisotopic (exact) mass is 304 g/mol. The molecule has 2 atom stereocenters. The van der Waals surface area contributed by atoms with Crippen molar-refractivity contribution in [2.45, 2.75) is 31.5 Å². The van der Waals surface area contributed by atoms with Gasteiger partial charge in [0.25, 0.3) is 10.0 Å². The lowest BCUT2D eigenvalue weighted by Gasteiger charge is -2.35. The smallest absolute Gasteiger partial charge is 0.246 e. The van der Waals surface area contributed by atoms with E-state index in [9.17, 15) is 17.2 Å². The molecule has 1 aromatic rings. The van der Waals surface area contributed by atoms with E-state index in [4.69, 9.17) is 0 Å². The van der Waals surface area contributed by atoms with Crippen LogP contribution in [0.25, 0.3) is 0 Å². The molecule has 0 aliphatic carbocycles. The minimum Gasteiger partial charge on any atom is -0.246 e. The summed E-state index contributed by atoms with van der Waals surface area (Å²) >= 11 is 0. The van der Waals surface area contributed by atoms with E-state index in [0.29, 0.717) is 6.42 Å². The second kappa shape index (κ2) is 5.73. The molecule has 2 rings (SSSR count). The maximum absolute atomic E-state index is 14.1. The van der Waals surface area contributed by atoms with Crippen molar-refractivity contribution in [3.8, 4) is 0 Å². The van der Waals surface area contributed by atoms with E-state index in [2.05, 4.69) is 4.98 Å². The van der Waals surface area contributed by atoms with Crippen LogP contribution in [0.1, 0.15) is 20.3 Å². The highest BCUT2D eigenvalue weighted by Gasteiger charge is 2.38. The average molecular weight is 304 g/mol. The Morgan fingerprint density at radius 2 is 2.15 bits per heavy atom. The van der Waals surface area contributed by atoms with Gasteiger partial charge >= 0.3 is 0 Å². The first-order chi connectivity index (χ1) is 9.34. The highest BCUT2D eigenvalue weighted by atomic mass is 32.2. The molecule has 20 heavy (non-hydrogen) atoms. The van der Waals surface area contributed by atoms with Crippen LogP contribution in [0.15, 0.2) is 23.4 Å². The van der Waals surface area contributed by atoms with Gasteiger partial charge < -0.3 is 0 Å². The molecule has 1 aliphatic heterocycles. The van der Waals surface area contributed by atoms with Gasteiger partial charge in [0.2, 0.25) is 5.03 Å². The second-order valence-electron chi connectivity index (χ2n) is 5.37. The topological polar surface area (TPSA) is 50.3 Å². The molecule has 0 unspecified atom stereocenters. The highest BCUT2D eigenvalue weighted by Crippen LogP contribution is 2.30. The zero-order valence-electron chi connectivity index (χ0n) is 11.5. The molecule has 0 amide bonds. The van der Waals surface area contributed by atoms with Crippen molar-refractivity contribution in [2.75, 3.05) is 13.1 Å². The van der Waals surface area contributed by atoms with Crippen LogP contribution in [0.2, 0.25) is 0 Å². The summed E-state index contributed by atoms with van der Waals surface area (Å²) in [6, 6.07) is 2.35. The predicted octanol–water partition coefficient (Wildman–Crippen LogP) is 2.23. The number of hydrogen-bond donors (Lipinski definition) is 0. The number of pyridine rings is 1. The molecule has 0 saturated carbocycles. The molecule has 0 radical (unpaired) electrons. The minimum absolute atomic E-state index is 0.154. The third kappa shape index (κ3) is 2.83. The van der Waals surface area contributed by atoms with Crippen LogP contribution < -0.4 is 0 Å². The molecule has 1 fully saturated rings. The Morgan fingerprint density at radius 1 is 1.45 bits per heavy atom. The molecule has 1 aromatic heterocycles. The van der Waals surface area contributed by atoms with Crippen LogP contribution in [-0.2, 0) is 10.0 Å². The van der Waals surface area contributed by atoms with Gasteiger partial charge in [0.05, 0.1) is 0 Å². The fraction of sp³-hybridized carbons (Fsp3) is 0.615. The Labute approximate surface area is 117 Å². The minimum atomic E-state index is -4.07. The Morgan fingerprint density at radius 3 is 2.70 bits per heavy atom. The maximum atomic E-state index is 14.1. The number of aromatic nitrogens is 1. The molecule has 7 heteroatoms. The van der Waals surface area contributed by atoms with Crippen molar-refractivity contribution in [2.24, 2.45) is 11.8 Å². The van der Waals surface area contributed by atoms with Crippen LogP contribution in [0, 0.1) is 17.7 Å². The Hall–Kier alpha value is -1.08. The lowest BCUT2D eigenvalue weighted by molar-refractivity contribution is 0.101. The molecule has 0 bridgehead atoms. The molecule has 4 nitrogen and oxygen atoms in total. The Kier molecular flexibility index (Phi) is 4.39. The zero-order valence-corrected chi connectivity index (χ0v) is 12.3. The average Bonchev–Trinajstić information content (AvgIpc) is 2.38. The summed E-state index contributed by atoms with van der Waals surface area (Å²) in [5, 5.41) is -0.629. The van der Waals surface area contributed by atoms with Gasteiger partial charge in [0.15, 0.2) is 5.82 Å². The van der Waals surface area contributed by atoms with Crippen LogP contribution >= 0.6 is 0 Å². The van der Waals surface area contributed by atoms with Crippen LogP contribution in [-0.4, -0.2) is 37.0 Å². The maximum Gasteiger partial charge on any atom is 0.263 e. The molecule has 0 aromatic carbocycles. The Balaban J connectivity index is 2.23. The number of halogens is 2. The molecular formula is C13H18F2N2O2S. The number of piperidine rings is 1. The summed E-state index contributed by atoms with van der Waals surface area (Å²) in [7, 11) is -4.07.